The maximum absolute atomic E-state index is 11.5. The average molecular weight is 281 g/mol. The molecule has 1 rings (SSSR count). The van der Waals surface area contributed by atoms with Gasteiger partial charge in [0.2, 0.25) is 0 Å². The minimum absolute atomic E-state index is 0.120. The summed E-state index contributed by atoms with van der Waals surface area (Å²) in [6.45, 7) is 0.537. The van der Waals surface area contributed by atoms with Crippen LogP contribution in [0.2, 0.25) is 0 Å². The molecular formula is C14H19NO5. The van der Waals surface area contributed by atoms with Crippen molar-refractivity contribution in [1.82, 2.24) is 5.32 Å². The molecule has 20 heavy (non-hydrogen) atoms. The first-order valence-corrected chi connectivity index (χ1v) is 6.20. The van der Waals surface area contributed by atoms with E-state index in [9.17, 15) is 9.59 Å². The van der Waals surface area contributed by atoms with Gasteiger partial charge in [-0.15, -0.1) is 0 Å². The number of benzene rings is 1. The standard InChI is InChI=1S/C14H19NO5/c1-18-8-7-15-13(16)10-20-14(17)9-11-3-5-12(19-2)6-4-11/h3-6H,7-10H2,1-2H3,(H,15,16). The number of methoxy groups -OCH3 is 2. The first-order valence-electron chi connectivity index (χ1n) is 6.20. The molecule has 0 spiro atoms. The molecule has 0 radical (unpaired) electrons. The summed E-state index contributed by atoms with van der Waals surface area (Å²) in [5.41, 5.74) is 0.801. The number of carbonyl (C=O) groups is 2. The van der Waals surface area contributed by atoms with Gasteiger partial charge in [0.05, 0.1) is 20.1 Å². The van der Waals surface area contributed by atoms with Gasteiger partial charge in [0.15, 0.2) is 6.61 Å². The molecule has 0 atom stereocenters. The lowest BCUT2D eigenvalue weighted by Gasteiger charge is -2.06. The predicted molar refractivity (Wildman–Crippen MR) is 72.5 cm³/mol. The summed E-state index contributed by atoms with van der Waals surface area (Å²) in [4.78, 5) is 22.8. The maximum Gasteiger partial charge on any atom is 0.310 e. The van der Waals surface area contributed by atoms with Gasteiger partial charge in [-0.05, 0) is 17.7 Å². The van der Waals surface area contributed by atoms with Crippen LogP contribution in [0.25, 0.3) is 0 Å². The Kier molecular flexibility index (Phi) is 7.13. The number of amides is 1. The van der Waals surface area contributed by atoms with E-state index in [1.165, 1.54) is 0 Å². The maximum atomic E-state index is 11.5. The van der Waals surface area contributed by atoms with Crippen molar-refractivity contribution in [1.29, 1.82) is 0 Å². The third kappa shape index (κ3) is 6.19. The third-order valence-electron chi connectivity index (χ3n) is 2.50. The molecule has 0 aromatic heterocycles. The summed E-state index contributed by atoms with van der Waals surface area (Å²) < 4.78 is 14.7. The Morgan fingerprint density at radius 1 is 1.15 bits per heavy atom. The zero-order valence-electron chi connectivity index (χ0n) is 11.7. The molecule has 0 fully saturated rings. The fraction of sp³-hybridized carbons (Fsp3) is 0.429. The van der Waals surface area contributed by atoms with Crippen LogP contribution < -0.4 is 10.1 Å². The van der Waals surface area contributed by atoms with Crippen LogP contribution >= 0.6 is 0 Å². The molecule has 1 aromatic carbocycles. The molecule has 0 bridgehead atoms. The summed E-state index contributed by atoms with van der Waals surface area (Å²) in [5, 5.41) is 2.56. The van der Waals surface area contributed by atoms with Crippen LogP contribution in [-0.4, -0.2) is 45.9 Å². The molecule has 0 saturated heterocycles. The zero-order valence-corrected chi connectivity index (χ0v) is 11.7. The molecule has 0 aliphatic heterocycles. The van der Waals surface area contributed by atoms with Crippen molar-refractivity contribution in [3.05, 3.63) is 29.8 Å². The Morgan fingerprint density at radius 2 is 1.85 bits per heavy atom. The quantitative estimate of drug-likeness (QED) is 0.556. The van der Waals surface area contributed by atoms with Gasteiger partial charge >= 0.3 is 5.97 Å². The highest BCUT2D eigenvalue weighted by atomic mass is 16.5. The monoisotopic (exact) mass is 281 g/mol. The Labute approximate surface area is 118 Å². The highest BCUT2D eigenvalue weighted by molar-refractivity contribution is 5.81. The van der Waals surface area contributed by atoms with Gasteiger partial charge in [0.1, 0.15) is 5.75 Å². The van der Waals surface area contributed by atoms with Crippen LogP contribution in [0.3, 0.4) is 0 Å². The molecule has 0 unspecified atom stereocenters. The van der Waals surface area contributed by atoms with E-state index >= 15 is 0 Å². The molecule has 0 saturated carbocycles. The second-order valence-electron chi connectivity index (χ2n) is 4.03. The van der Waals surface area contributed by atoms with Crippen LogP contribution in [0.15, 0.2) is 24.3 Å². The van der Waals surface area contributed by atoms with E-state index in [-0.39, 0.29) is 18.9 Å². The number of hydrogen-bond acceptors (Lipinski definition) is 5. The summed E-state index contributed by atoms with van der Waals surface area (Å²) in [5.74, 6) is -0.0678. The Morgan fingerprint density at radius 3 is 2.45 bits per heavy atom. The van der Waals surface area contributed by atoms with E-state index in [0.29, 0.717) is 13.2 Å². The lowest BCUT2D eigenvalue weighted by Crippen LogP contribution is -2.31. The molecule has 110 valence electrons. The fourth-order valence-corrected chi connectivity index (χ4v) is 1.45. The summed E-state index contributed by atoms with van der Waals surface area (Å²) in [6, 6.07) is 7.08. The second-order valence-corrected chi connectivity index (χ2v) is 4.03. The van der Waals surface area contributed by atoms with E-state index in [1.807, 2.05) is 0 Å². The van der Waals surface area contributed by atoms with Gasteiger partial charge in [-0.3, -0.25) is 9.59 Å². The van der Waals surface area contributed by atoms with Crippen LogP contribution in [-0.2, 0) is 25.5 Å². The summed E-state index contributed by atoms with van der Waals surface area (Å²) in [7, 11) is 3.12. The van der Waals surface area contributed by atoms with Gasteiger partial charge in [-0.1, -0.05) is 12.1 Å². The molecular weight excluding hydrogens is 262 g/mol. The number of hydrogen-bond donors (Lipinski definition) is 1. The topological polar surface area (TPSA) is 73.9 Å². The second kappa shape index (κ2) is 8.92. The van der Waals surface area contributed by atoms with Gasteiger partial charge in [-0.25, -0.2) is 0 Å². The molecule has 1 aromatic rings. The van der Waals surface area contributed by atoms with Crippen molar-refractivity contribution in [2.45, 2.75) is 6.42 Å². The number of rotatable bonds is 8. The highest BCUT2D eigenvalue weighted by Gasteiger charge is 2.08. The summed E-state index contributed by atoms with van der Waals surface area (Å²) >= 11 is 0. The summed E-state index contributed by atoms with van der Waals surface area (Å²) in [6.07, 6.45) is 0.120. The molecule has 0 aliphatic rings. The van der Waals surface area contributed by atoms with Crippen LogP contribution in [0.1, 0.15) is 5.56 Å². The van der Waals surface area contributed by atoms with Crippen molar-refractivity contribution >= 4 is 11.9 Å². The van der Waals surface area contributed by atoms with Crippen LogP contribution in [0.4, 0.5) is 0 Å². The lowest BCUT2D eigenvalue weighted by molar-refractivity contribution is -0.147. The molecule has 1 amide bonds. The third-order valence-corrected chi connectivity index (χ3v) is 2.50. The minimum atomic E-state index is -0.447. The smallest absolute Gasteiger partial charge is 0.310 e. The average Bonchev–Trinajstić information content (AvgIpc) is 2.46. The Bertz CT molecular complexity index is 430. The van der Waals surface area contributed by atoms with E-state index in [0.717, 1.165) is 11.3 Å². The van der Waals surface area contributed by atoms with E-state index < -0.39 is 5.97 Å². The van der Waals surface area contributed by atoms with Crippen molar-refractivity contribution < 1.29 is 23.8 Å². The van der Waals surface area contributed by atoms with Gasteiger partial charge in [-0.2, -0.15) is 0 Å². The highest BCUT2D eigenvalue weighted by Crippen LogP contribution is 2.11. The minimum Gasteiger partial charge on any atom is -0.497 e. The number of nitrogens with one attached hydrogen (secondary N) is 1. The van der Waals surface area contributed by atoms with Crippen molar-refractivity contribution in [3.8, 4) is 5.75 Å². The fourth-order valence-electron chi connectivity index (χ4n) is 1.45. The predicted octanol–water partition coefficient (Wildman–Crippen LogP) is 0.544. The van der Waals surface area contributed by atoms with Crippen molar-refractivity contribution in [3.63, 3.8) is 0 Å². The Balaban J connectivity index is 2.27. The van der Waals surface area contributed by atoms with E-state index in [2.05, 4.69) is 5.32 Å². The van der Waals surface area contributed by atoms with Crippen LogP contribution in [0, 0.1) is 0 Å². The van der Waals surface area contributed by atoms with Gasteiger partial charge < -0.3 is 19.5 Å². The van der Waals surface area contributed by atoms with E-state index in [1.54, 1.807) is 38.5 Å². The Hall–Kier alpha value is -2.08. The first kappa shape index (κ1) is 16.0. The van der Waals surface area contributed by atoms with E-state index in [4.69, 9.17) is 14.2 Å². The van der Waals surface area contributed by atoms with Crippen molar-refractivity contribution in [2.75, 3.05) is 34.0 Å². The number of ether oxygens (including phenoxy) is 3. The normalized spacial score (nSPS) is 9.90. The zero-order chi connectivity index (χ0) is 14.8. The molecule has 6 heteroatoms. The molecule has 0 aliphatic carbocycles. The van der Waals surface area contributed by atoms with Gasteiger partial charge in [0, 0.05) is 13.7 Å². The SMILES string of the molecule is COCCNC(=O)COC(=O)Cc1ccc(OC)cc1. The molecule has 0 heterocycles. The van der Waals surface area contributed by atoms with Gasteiger partial charge in [0.25, 0.3) is 5.91 Å². The van der Waals surface area contributed by atoms with Crippen molar-refractivity contribution in [2.24, 2.45) is 0 Å². The largest absolute Gasteiger partial charge is 0.497 e. The first-order chi connectivity index (χ1) is 9.65. The molecule has 6 nitrogen and oxygen atoms in total. The van der Waals surface area contributed by atoms with Crippen LogP contribution in [0.5, 0.6) is 5.75 Å². The lowest BCUT2D eigenvalue weighted by atomic mass is 10.1. The number of esters is 1. The molecule has 1 N–H and O–H groups in total. The number of carbonyl (C=O) groups excluding carboxylic acids is 2.